The number of carbonyl (C=O) groups excluding carboxylic acids is 1. The average molecular weight is 345 g/mol. The van der Waals surface area contributed by atoms with Crippen LogP contribution in [0.15, 0.2) is 49.1 Å². The van der Waals surface area contributed by atoms with Gasteiger partial charge in [0.1, 0.15) is 6.33 Å². The van der Waals surface area contributed by atoms with Crippen molar-refractivity contribution in [1.29, 1.82) is 0 Å². The topological polar surface area (TPSA) is 72.7 Å². The van der Waals surface area contributed by atoms with Crippen molar-refractivity contribution in [2.45, 2.75) is 24.7 Å². The molecule has 5 rings (SSSR count). The number of hydrogen-bond donors (Lipinski definition) is 1. The van der Waals surface area contributed by atoms with E-state index < -0.39 is 0 Å². The van der Waals surface area contributed by atoms with Gasteiger partial charge >= 0.3 is 0 Å². The van der Waals surface area contributed by atoms with Gasteiger partial charge in [0.05, 0.1) is 11.9 Å². The number of hydrogen-bond acceptors (Lipinski definition) is 4. The molecule has 2 heterocycles. The molecule has 130 valence electrons. The van der Waals surface area contributed by atoms with Gasteiger partial charge in [0.15, 0.2) is 5.82 Å². The van der Waals surface area contributed by atoms with Crippen molar-refractivity contribution in [3.05, 3.63) is 60.2 Å². The quantitative estimate of drug-likeness (QED) is 0.792. The maximum atomic E-state index is 12.8. The number of nitrogens with zero attached hydrogens (tertiary/aromatic N) is 4. The summed E-state index contributed by atoms with van der Waals surface area (Å²) in [4.78, 5) is 17.1. The predicted octanol–water partition coefficient (Wildman–Crippen LogP) is 2.72. The van der Waals surface area contributed by atoms with E-state index in [-0.39, 0.29) is 17.2 Å². The van der Waals surface area contributed by atoms with Crippen molar-refractivity contribution in [2.75, 3.05) is 5.32 Å². The maximum absolute atomic E-state index is 12.8. The zero-order chi connectivity index (χ0) is 17.7. The van der Waals surface area contributed by atoms with Crippen molar-refractivity contribution in [3.8, 4) is 11.4 Å². The molecule has 1 amide bonds. The lowest BCUT2D eigenvalue weighted by Gasteiger charge is -2.12. The third-order valence-corrected chi connectivity index (χ3v) is 5.76. The van der Waals surface area contributed by atoms with Crippen molar-refractivity contribution in [2.24, 2.45) is 13.0 Å². The van der Waals surface area contributed by atoms with Gasteiger partial charge in [0.2, 0.25) is 5.91 Å². The van der Waals surface area contributed by atoms with Gasteiger partial charge in [0, 0.05) is 30.1 Å². The molecule has 0 saturated heterocycles. The van der Waals surface area contributed by atoms with Crippen LogP contribution in [0.25, 0.3) is 11.4 Å². The first-order valence-electron chi connectivity index (χ1n) is 8.86. The zero-order valence-electron chi connectivity index (χ0n) is 14.5. The third-order valence-electron chi connectivity index (χ3n) is 5.76. The van der Waals surface area contributed by atoms with Crippen LogP contribution in [-0.2, 0) is 23.7 Å². The summed E-state index contributed by atoms with van der Waals surface area (Å²) in [5.74, 6) is 0.851. The summed E-state index contributed by atoms with van der Waals surface area (Å²) in [7, 11) is 1.88. The van der Waals surface area contributed by atoms with Gasteiger partial charge in [-0.3, -0.25) is 9.78 Å². The molecule has 1 spiro atoms. The van der Waals surface area contributed by atoms with Gasteiger partial charge < -0.3 is 9.88 Å². The number of amides is 1. The molecule has 6 heteroatoms. The second-order valence-electron chi connectivity index (χ2n) is 7.29. The Labute approximate surface area is 151 Å². The Kier molecular flexibility index (Phi) is 3.22. The number of aromatic nitrogens is 4. The Bertz CT molecular complexity index is 1010. The van der Waals surface area contributed by atoms with E-state index >= 15 is 0 Å². The van der Waals surface area contributed by atoms with Crippen molar-refractivity contribution < 1.29 is 4.79 Å². The van der Waals surface area contributed by atoms with E-state index in [1.165, 1.54) is 11.1 Å². The lowest BCUT2D eigenvalue weighted by Crippen LogP contribution is -2.19. The Morgan fingerprint density at radius 2 is 2.19 bits per heavy atom. The first kappa shape index (κ1) is 15.3. The van der Waals surface area contributed by atoms with E-state index in [9.17, 15) is 4.79 Å². The first-order valence-corrected chi connectivity index (χ1v) is 8.86. The van der Waals surface area contributed by atoms with E-state index in [1.54, 1.807) is 18.7 Å². The summed E-state index contributed by atoms with van der Waals surface area (Å²) < 4.78 is 1.83. The number of fused-ring (bicyclic) bond motifs is 2. The zero-order valence-corrected chi connectivity index (χ0v) is 14.5. The van der Waals surface area contributed by atoms with Crippen LogP contribution in [0.3, 0.4) is 0 Å². The molecule has 1 aromatic carbocycles. The number of aryl methyl sites for hydroxylation is 2. The second kappa shape index (κ2) is 5.49. The molecule has 1 saturated carbocycles. The number of rotatable bonds is 3. The summed E-state index contributed by atoms with van der Waals surface area (Å²) in [6.07, 6.45) is 8.13. The summed E-state index contributed by atoms with van der Waals surface area (Å²) >= 11 is 0. The Morgan fingerprint density at radius 3 is 3.04 bits per heavy atom. The van der Waals surface area contributed by atoms with Crippen molar-refractivity contribution in [3.63, 3.8) is 0 Å². The van der Waals surface area contributed by atoms with Crippen LogP contribution >= 0.6 is 0 Å². The molecule has 0 unspecified atom stereocenters. The number of anilines is 1. The lowest BCUT2D eigenvalue weighted by atomic mass is 9.95. The van der Waals surface area contributed by atoms with Gasteiger partial charge in [-0.15, -0.1) is 10.2 Å². The summed E-state index contributed by atoms with van der Waals surface area (Å²) in [5, 5.41) is 11.0. The summed E-state index contributed by atoms with van der Waals surface area (Å²) in [6, 6.07) is 10.4. The molecule has 2 aliphatic carbocycles. The fourth-order valence-electron chi connectivity index (χ4n) is 4.34. The smallest absolute Gasteiger partial charge is 0.228 e. The maximum Gasteiger partial charge on any atom is 0.228 e. The van der Waals surface area contributed by atoms with E-state index in [4.69, 9.17) is 0 Å². The van der Waals surface area contributed by atoms with E-state index in [0.29, 0.717) is 5.69 Å². The molecule has 2 atom stereocenters. The Hall–Kier alpha value is -3.02. The molecule has 2 aromatic heterocycles. The minimum absolute atomic E-state index is 0.0460. The summed E-state index contributed by atoms with van der Waals surface area (Å²) in [6.45, 7) is 0. The van der Waals surface area contributed by atoms with Crippen LogP contribution < -0.4 is 5.32 Å². The number of pyridine rings is 1. The molecule has 6 nitrogen and oxygen atoms in total. The van der Waals surface area contributed by atoms with Crippen LogP contribution in [-0.4, -0.2) is 25.7 Å². The molecular weight excluding hydrogens is 326 g/mol. The molecule has 0 aliphatic heterocycles. The molecule has 3 aromatic rings. The SMILES string of the molecule is Cn1cnnc1-c1cncc(NC(=O)[C@H]2C[C@]23CCc2ccccc23)c1. The molecule has 0 radical (unpaired) electrons. The largest absolute Gasteiger partial charge is 0.324 e. The molecule has 26 heavy (non-hydrogen) atoms. The minimum Gasteiger partial charge on any atom is -0.324 e. The van der Waals surface area contributed by atoms with Crippen molar-refractivity contribution >= 4 is 11.6 Å². The van der Waals surface area contributed by atoms with Gasteiger partial charge in [0.25, 0.3) is 0 Å². The Balaban J connectivity index is 1.36. The fraction of sp³-hybridized carbons (Fsp3) is 0.300. The van der Waals surface area contributed by atoms with Crippen LogP contribution in [0.5, 0.6) is 0 Å². The van der Waals surface area contributed by atoms with Crippen molar-refractivity contribution in [1.82, 2.24) is 19.7 Å². The highest BCUT2D eigenvalue weighted by atomic mass is 16.2. The number of benzene rings is 1. The molecule has 1 fully saturated rings. The summed E-state index contributed by atoms with van der Waals surface area (Å²) in [5.41, 5.74) is 4.35. The highest BCUT2D eigenvalue weighted by Gasteiger charge is 2.61. The van der Waals surface area contributed by atoms with Crippen LogP contribution in [0, 0.1) is 5.92 Å². The van der Waals surface area contributed by atoms with Gasteiger partial charge in [-0.2, -0.15) is 0 Å². The number of nitrogens with one attached hydrogen (secondary N) is 1. The molecule has 1 N–H and O–H groups in total. The molecular formula is C20H19N5O. The van der Waals surface area contributed by atoms with E-state index in [0.717, 1.165) is 30.7 Å². The standard InChI is InChI=1S/C20H19N5O/c1-25-12-22-24-18(25)14-8-15(11-21-10-14)23-19(26)17-9-20(17)7-6-13-4-2-3-5-16(13)20/h2-5,8,10-12,17H,6-7,9H2,1H3,(H,23,26)/t17-,20+/m1/s1. The highest BCUT2D eigenvalue weighted by molar-refractivity contribution is 5.96. The third kappa shape index (κ3) is 2.25. The predicted molar refractivity (Wildman–Crippen MR) is 97.4 cm³/mol. The first-order chi connectivity index (χ1) is 12.7. The van der Waals surface area contributed by atoms with Gasteiger partial charge in [-0.1, -0.05) is 24.3 Å². The molecule has 0 bridgehead atoms. The van der Waals surface area contributed by atoms with E-state index in [2.05, 4.69) is 44.8 Å². The van der Waals surface area contributed by atoms with E-state index in [1.807, 2.05) is 17.7 Å². The second-order valence-corrected chi connectivity index (χ2v) is 7.29. The van der Waals surface area contributed by atoms with Crippen LogP contribution in [0.2, 0.25) is 0 Å². The number of carbonyl (C=O) groups is 1. The highest BCUT2D eigenvalue weighted by Crippen LogP contribution is 2.61. The monoisotopic (exact) mass is 345 g/mol. The normalized spacial score (nSPS) is 23.0. The Morgan fingerprint density at radius 1 is 1.31 bits per heavy atom. The lowest BCUT2D eigenvalue weighted by molar-refractivity contribution is -0.117. The average Bonchev–Trinajstić information content (AvgIpc) is 3.05. The van der Waals surface area contributed by atoms with Gasteiger partial charge in [-0.25, -0.2) is 0 Å². The van der Waals surface area contributed by atoms with Gasteiger partial charge in [-0.05, 0) is 36.5 Å². The minimum atomic E-state index is 0.0460. The van der Waals surface area contributed by atoms with Crippen LogP contribution in [0.1, 0.15) is 24.0 Å². The fourth-order valence-corrected chi connectivity index (χ4v) is 4.34. The van der Waals surface area contributed by atoms with Crippen LogP contribution in [0.4, 0.5) is 5.69 Å². The molecule has 2 aliphatic rings.